The van der Waals surface area contributed by atoms with Gasteiger partial charge in [-0.2, -0.15) is 5.26 Å². The minimum Gasteiger partial charge on any atom is -0.314 e. The van der Waals surface area contributed by atoms with E-state index in [2.05, 4.69) is 13.1 Å². The van der Waals surface area contributed by atoms with Crippen LogP contribution in [0.5, 0.6) is 0 Å². The molecule has 0 aromatic heterocycles. The number of likely N-dealkylation sites (tertiary alicyclic amines) is 1. The fourth-order valence-electron chi connectivity index (χ4n) is 1.60. The molecule has 0 aliphatic carbocycles. The van der Waals surface area contributed by atoms with E-state index in [0.717, 1.165) is 4.48 Å². The van der Waals surface area contributed by atoms with Gasteiger partial charge >= 0.3 is 0 Å². The zero-order chi connectivity index (χ0) is 11.9. The van der Waals surface area contributed by atoms with E-state index >= 15 is 0 Å². The Balaban J connectivity index is 0.000000336. The van der Waals surface area contributed by atoms with Crippen LogP contribution in [0, 0.1) is 21.6 Å². The molecule has 0 aromatic rings. The Kier molecular flexibility index (Phi) is 6.05. The standard InChI is InChI=1S/C8H15N2.ClHO4/c1-10(8-5-9)6-3-2-4-7-10;2-1(3,4)5/h2-4,6-8H2,1H3;(H,2,3,4,5)/q+1;/p-1. The van der Waals surface area contributed by atoms with Gasteiger partial charge < -0.3 is 4.48 Å². The van der Waals surface area contributed by atoms with Crippen LogP contribution in [0.4, 0.5) is 0 Å². The van der Waals surface area contributed by atoms with Gasteiger partial charge in [-0.05, 0) is 19.3 Å². The Hall–Kier alpha value is -0.420. The third-order valence-corrected chi connectivity index (χ3v) is 2.35. The molecule has 1 rings (SSSR count). The molecule has 1 fully saturated rings. The van der Waals surface area contributed by atoms with E-state index in [1.165, 1.54) is 32.4 Å². The summed E-state index contributed by atoms with van der Waals surface area (Å²) in [5.41, 5.74) is 0. The first-order valence-electron chi connectivity index (χ1n) is 4.59. The fraction of sp³-hybridized carbons (Fsp3) is 0.875. The van der Waals surface area contributed by atoms with Crippen LogP contribution >= 0.6 is 0 Å². The van der Waals surface area contributed by atoms with Crippen molar-refractivity contribution in [2.75, 3.05) is 26.7 Å². The molecular weight excluding hydrogens is 224 g/mol. The van der Waals surface area contributed by atoms with Crippen molar-refractivity contribution in [2.24, 2.45) is 0 Å². The predicted molar refractivity (Wildman–Crippen MR) is 40.2 cm³/mol. The van der Waals surface area contributed by atoms with Gasteiger partial charge in [-0.25, -0.2) is 18.6 Å². The second-order valence-corrected chi connectivity index (χ2v) is 4.58. The number of halogens is 1. The largest absolute Gasteiger partial charge is 0.314 e. The van der Waals surface area contributed by atoms with Crippen LogP contribution in [0.15, 0.2) is 0 Å². The fourth-order valence-corrected chi connectivity index (χ4v) is 1.60. The SMILES string of the molecule is C[N+]1(CC#N)CCCCC1.[O-][Cl+3]([O-])([O-])[O-]. The number of nitrogens with zero attached hydrogens (tertiary/aromatic N) is 2. The predicted octanol–water partition coefficient (Wildman–Crippen LogP) is -3.62. The minimum absolute atomic E-state index is 0.694. The lowest BCUT2D eigenvalue weighted by Gasteiger charge is -2.35. The third kappa shape index (κ3) is 9.87. The van der Waals surface area contributed by atoms with E-state index in [1.54, 1.807) is 0 Å². The van der Waals surface area contributed by atoms with Crippen LogP contribution in [0.2, 0.25) is 0 Å². The quantitative estimate of drug-likeness (QED) is 0.345. The number of hydrogen-bond donors (Lipinski definition) is 0. The molecule has 0 N–H and O–H groups in total. The van der Waals surface area contributed by atoms with Crippen LogP contribution in [0.1, 0.15) is 19.3 Å². The van der Waals surface area contributed by atoms with Gasteiger partial charge in [0.1, 0.15) is 6.07 Å². The molecule has 0 radical (unpaired) electrons. The summed E-state index contributed by atoms with van der Waals surface area (Å²) in [5.74, 6) is 0. The number of quaternary nitrogens is 1. The molecule has 0 amide bonds. The molecule has 15 heavy (non-hydrogen) atoms. The topological polar surface area (TPSA) is 116 Å². The summed E-state index contributed by atoms with van der Waals surface area (Å²) in [6, 6.07) is 2.25. The normalized spacial score (nSPS) is 19.7. The highest BCUT2D eigenvalue weighted by atomic mass is 35.7. The summed E-state index contributed by atoms with van der Waals surface area (Å²) in [7, 11) is -2.76. The molecule has 88 valence electrons. The third-order valence-electron chi connectivity index (χ3n) is 2.35. The van der Waals surface area contributed by atoms with E-state index in [1.807, 2.05) is 0 Å². The first-order valence-corrected chi connectivity index (χ1v) is 5.82. The molecule has 1 heterocycles. The summed E-state index contributed by atoms with van der Waals surface area (Å²) in [6.07, 6.45) is 3.97. The summed E-state index contributed by atoms with van der Waals surface area (Å²) in [4.78, 5) is 0. The molecule has 0 saturated carbocycles. The number of nitriles is 1. The summed E-state index contributed by atoms with van der Waals surface area (Å²) in [6.45, 7) is 3.10. The van der Waals surface area contributed by atoms with Crippen LogP contribution in [-0.2, 0) is 0 Å². The van der Waals surface area contributed by atoms with Gasteiger partial charge in [0.2, 0.25) is 0 Å². The van der Waals surface area contributed by atoms with Gasteiger partial charge in [-0.3, -0.25) is 0 Å². The Bertz CT molecular complexity index is 212. The monoisotopic (exact) mass is 238 g/mol. The maximum atomic E-state index is 8.52. The maximum Gasteiger partial charge on any atom is 0.166 e. The van der Waals surface area contributed by atoms with Gasteiger partial charge in [-0.15, -0.1) is 10.2 Å². The van der Waals surface area contributed by atoms with Crippen LogP contribution < -0.4 is 18.6 Å². The van der Waals surface area contributed by atoms with Gasteiger partial charge in [0.15, 0.2) is 6.54 Å². The van der Waals surface area contributed by atoms with Crippen LogP contribution in [0.25, 0.3) is 0 Å². The van der Waals surface area contributed by atoms with Crippen LogP contribution in [-0.4, -0.2) is 31.2 Å². The van der Waals surface area contributed by atoms with E-state index in [9.17, 15) is 0 Å². The van der Waals surface area contributed by atoms with Crippen molar-refractivity contribution in [2.45, 2.75) is 19.3 Å². The molecular formula is C8H15ClN2O4. The Morgan fingerprint density at radius 2 is 1.53 bits per heavy atom. The molecule has 0 unspecified atom stereocenters. The molecule has 7 heteroatoms. The number of hydrogen-bond acceptors (Lipinski definition) is 5. The average molecular weight is 239 g/mol. The van der Waals surface area contributed by atoms with Gasteiger partial charge in [0.25, 0.3) is 0 Å². The van der Waals surface area contributed by atoms with Crippen molar-refractivity contribution < 1.29 is 33.4 Å². The van der Waals surface area contributed by atoms with Crippen molar-refractivity contribution in [1.82, 2.24) is 0 Å². The molecule has 1 saturated heterocycles. The summed E-state index contributed by atoms with van der Waals surface area (Å²) in [5, 5.41) is 8.52. The Morgan fingerprint density at radius 1 is 1.13 bits per heavy atom. The van der Waals surface area contributed by atoms with Crippen molar-refractivity contribution in [3.8, 4) is 6.07 Å². The summed E-state index contributed by atoms with van der Waals surface area (Å²) >= 11 is 0. The lowest BCUT2D eigenvalue weighted by atomic mass is 10.1. The van der Waals surface area contributed by atoms with E-state index < -0.39 is 10.2 Å². The highest BCUT2D eigenvalue weighted by molar-refractivity contribution is 4.69. The minimum atomic E-state index is -4.94. The molecule has 0 aromatic carbocycles. The zero-order valence-corrected chi connectivity index (χ0v) is 9.40. The second-order valence-electron chi connectivity index (χ2n) is 3.82. The van der Waals surface area contributed by atoms with Crippen LogP contribution in [0.3, 0.4) is 0 Å². The molecule has 1 aliphatic heterocycles. The highest BCUT2D eigenvalue weighted by Gasteiger charge is 2.23. The van der Waals surface area contributed by atoms with Crippen molar-refractivity contribution in [3.05, 3.63) is 0 Å². The Morgan fingerprint density at radius 3 is 1.87 bits per heavy atom. The first kappa shape index (κ1) is 14.6. The smallest absolute Gasteiger partial charge is 0.166 e. The van der Waals surface area contributed by atoms with Crippen molar-refractivity contribution in [3.63, 3.8) is 0 Å². The highest BCUT2D eigenvalue weighted by Crippen LogP contribution is 2.14. The molecule has 6 nitrogen and oxygen atoms in total. The number of piperidine rings is 1. The van der Waals surface area contributed by atoms with Gasteiger partial charge in [0.05, 0.1) is 20.1 Å². The van der Waals surface area contributed by atoms with E-state index in [4.69, 9.17) is 23.9 Å². The lowest BCUT2D eigenvalue weighted by Crippen LogP contribution is -2.68. The zero-order valence-electron chi connectivity index (χ0n) is 8.65. The molecule has 1 aliphatic rings. The Labute approximate surface area is 91.3 Å². The number of rotatable bonds is 1. The maximum absolute atomic E-state index is 8.52. The van der Waals surface area contributed by atoms with Gasteiger partial charge in [-0.1, -0.05) is 0 Å². The van der Waals surface area contributed by atoms with E-state index in [-0.39, 0.29) is 0 Å². The van der Waals surface area contributed by atoms with E-state index in [0.29, 0.717) is 6.54 Å². The first-order chi connectivity index (χ1) is 6.77. The molecule has 0 atom stereocenters. The van der Waals surface area contributed by atoms with Crippen molar-refractivity contribution in [1.29, 1.82) is 5.26 Å². The lowest BCUT2D eigenvalue weighted by molar-refractivity contribution is -2.00. The average Bonchev–Trinajstić information content (AvgIpc) is 2.02. The molecule has 0 bridgehead atoms. The molecule has 0 spiro atoms. The van der Waals surface area contributed by atoms with Gasteiger partial charge in [0, 0.05) is 0 Å². The second kappa shape index (κ2) is 6.23. The summed E-state index contributed by atoms with van der Waals surface area (Å²) < 4.78 is 35.0. The van der Waals surface area contributed by atoms with Crippen molar-refractivity contribution >= 4 is 0 Å².